The van der Waals surface area contributed by atoms with E-state index < -0.39 is 15.4 Å². The fourth-order valence-corrected chi connectivity index (χ4v) is 4.03. The molecule has 1 unspecified atom stereocenters. The van der Waals surface area contributed by atoms with Crippen LogP contribution in [0.2, 0.25) is 0 Å². The Balaban J connectivity index is 1.78. The molecule has 1 aromatic rings. The zero-order valence-electron chi connectivity index (χ0n) is 13.9. The van der Waals surface area contributed by atoms with Crippen LogP contribution in [0.5, 0.6) is 0 Å². The normalized spacial score (nSPS) is 22.4. The molecule has 1 fully saturated rings. The number of anilines is 1. The zero-order valence-corrected chi connectivity index (χ0v) is 14.7. The van der Waals surface area contributed by atoms with Gasteiger partial charge in [0.15, 0.2) is 0 Å². The van der Waals surface area contributed by atoms with Gasteiger partial charge in [0.25, 0.3) is 5.91 Å². The zero-order chi connectivity index (χ0) is 17.7. The van der Waals surface area contributed by atoms with E-state index >= 15 is 0 Å². The van der Waals surface area contributed by atoms with E-state index in [-0.39, 0.29) is 17.9 Å². The second-order valence-electron chi connectivity index (χ2n) is 6.97. The van der Waals surface area contributed by atoms with Crippen LogP contribution in [-0.2, 0) is 20.2 Å². The van der Waals surface area contributed by atoms with Crippen molar-refractivity contribution in [2.45, 2.75) is 31.7 Å². The number of carbonyl (C=O) groups is 2. The highest BCUT2D eigenvalue weighted by Gasteiger charge is 2.39. The summed E-state index contributed by atoms with van der Waals surface area (Å²) in [6.45, 7) is 4.50. The summed E-state index contributed by atoms with van der Waals surface area (Å²) >= 11 is 0. The van der Waals surface area contributed by atoms with E-state index in [1.807, 2.05) is 13.8 Å². The second-order valence-corrected chi connectivity index (χ2v) is 8.75. The quantitative estimate of drug-likeness (QED) is 0.837. The van der Waals surface area contributed by atoms with Gasteiger partial charge in [-0.05, 0) is 44.0 Å². The lowest BCUT2D eigenvalue weighted by atomic mass is 9.85. The Morgan fingerprint density at radius 2 is 2.08 bits per heavy atom. The molecule has 2 N–H and O–H groups in total. The minimum atomic E-state index is -3.28. The lowest BCUT2D eigenvalue weighted by Gasteiger charge is -2.19. The number of nitrogens with one attached hydrogen (secondary N) is 2. The van der Waals surface area contributed by atoms with Crippen LogP contribution in [0.1, 0.15) is 36.2 Å². The predicted octanol–water partition coefficient (Wildman–Crippen LogP) is 0.680. The highest BCUT2D eigenvalue weighted by Crippen LogP contribution is 2.37. The van der Waals surface area contributed by atoms with Gasteiger partial charge < -0.3 is 10.2 Å². The standard InChI is InChI=1S/C16H21N3O4S/c1-16(2)12-8-10(4-5-13(12)17-15(16)21)14(20)19-7-6-11(9-19)18-24(3,22)23/h4-5,8,11,18H,6-7,9H2,1-3H3,(H,17,21). The number of likely N-dealkylation sites (tertiary alicyclic amines) is 1. The van der Waals surface area contributed by atoms with Crippen molar-refractivity contribution in [1.29, 1.82) is 0 Å². The summed E-state index contributed by atoms with van der Waals surface area (Å²) in [6, 6.07) is 4.95. The monoisotopic (exact) mass is 351 g/mol. The van der Waals surface area contributed by atoms with E-state index in [2.05, 4.69) is 10.0 Å². The third-order valence-corrected chi connectivity index (χ3v) is 5.37. The lowest BCUT2D eigenvalue weighted by molar-refractivity contribution is -0.119. The van der Waals surface area contributed by atoms with Gasteiger partial charge in [0.1, 0.15) is 0 Å². The summed E-state index contributed by atoms with van der Waals surface area (Å²) in [4.78, 5) is 26.3. The lowest BCUT2D eigenvalue weighted by Crippen LogP contribution is -2.37. The second kappa shape index (κ2) is 5.56. The largest absolute Gasteiger partial charge is 0.337 e. The average molecular weight is 351 g/mol. The SMILES string of the molecule is CC1(C)C(=O)Nc2ccc(C(=O)N3CCC(NS(C)(=O)=O)C3)cc21. The number of sulfonamides is 1. The van der Waals surface area contributed by atoms with Crippen LogP contribution >= 0.6 is 0 Å². The molecule has 0 radical (unpaired) electrons. The van der Waals surface area contributed by atoms with Gasteiger partial charge in [0.2, 0.25) is 15.9 Å². The number of benzene rings is 1. The minimum absolute atomic E-state index is 0.0827. The van der Waals surface area contributed by atoms with Gasteiger partial charge in [-0.25, -0.2) is 13.1 Å². The highest BCUT2D eigenvalue weighted by atomic mass is 32.2. The van der Waals surface area contributed by atoms with Crippen LogP contribution in [0.25, 0.3) is 0 Å². The van der Waals surface area contributed by atoms with Crippen molar-refractivity contribution in [2.75, 3.05) is 24.7 Å². The van der Waals surface area contributed by atoms with E-state index in [0.717, 1.165) is 17.5 Å². The summed E-state index contributed by atoms with van der Waals surface area (Å²) in [6.07, 6.45) is 1.71. The van der Waals surface area contributed by atoms with Gasteiger partial charge in [-0.2, -0.15) is 0 Å². The minimum Gasteiger partial charge on any atom is -0.337 e. The summed E-state index contributed by atoms with van der Waals surface area (Å²) in [5.41, 5.74) is 1.39. The number of hydrogen-bond acceptors (Lipinski definition) is 4. The van der Waals surface area contributed by atoms with Crippen molar-refractivity contribution in [3.8, 4) is 0 Å². The van der Waals surface area contributed by atoms with Crippen molar-refractivity contribution in [1.82, 2.24) is 9.62 Å². The van der Waals surface area contributed by atoms with E-state index in [4.69, 9.17) is 0 Å². The van der Waals surface area contributed by atoms with Gasteiger partial charge in [0.05, 0.1) is 11.7 Å². The van der Waals surface area contributed by atoms with Crippen LogP contribution < -0.4 is 10.0 Å². The molecule has 7 nitrogen and oxygen atoms in total. The summed E-state index contributed by atoms with van der Waals surface area (Å²) in [7, 11) is -3.28. The molecule has 3 rings (SSSR count). The Labute approximate surface area is 141 Å². The fraction of sp³-hybridized carbons (Fsp3) is 0.500. The Bertz CT molecular complexity index is 817. The maximum absolute atomic E-state index is 12.7. The highest BCUT2D eigenvalue weighted by molar-refractivity contribution is 7.88. The van der Waals surface area contributed by atoms with E-state index in [9.17, 15) is 18.0 Å². The molecule has 130 valence electrons. The van der Waals surface area contributed by atoms with Crippen LogP contribution in [0.3, 0.4) is 0 Å². The van der Waals surface area contributed by atoms with Crippen molar-refractivity contribution in [2.24, 2.45) is 0 Å². The van der Waals surface area contributed by atoms with Crippen LogP contribution in [0.4, 0.5) is 5.69 Å². The van der Waals surface area contributed by atoms with Gasteiger partial charge >= 0.3 is 0 Å². The summed E-state index contributed by atoms with van der Waals surface area (Å²) in [5, 5.41) is 2.82. The van der Waals surface area contributed by atoms with Crippen molar-refractivity contribution < 1.29 is 18.0 Å². The maximum atomic E-state index is 12.7. The Hall–Kier alpha value is -1.93. The van der Waals surface area contributed by atoms with Crippen LogP contribution in [0.15, 0.2) is 18.2 Å². The Morgan fingerprint density at radius 1 is 1.38 bits per heavy atom. The number of nitrogens with zero attached hydrogens (tertiary/aromatic N) is 1. The third kappa shape index (κ3) is 3.03. The van der Waals surface area contributed by atoms with Gasteiger partial charge in [-0.15, -0.1) is 0 Å². The Morgan fingerprint density at radius 3 is 2.75 bits per heavy atom. The smallest absolute Gasteiger partial charge is 0.253 e. The molecule has 2 amide bonds. The number of hydrogen-bond donors (Lipinski definition) is 2. The molecule has 0 aliphatic carbocycles. The molecule has 2 aliphatic rings. The first-order valence-corrected chi connectivity index (χ1v) is 9.69. The summed E-state index contributed by atoms with van der Waals surface area (Å²) < 4.78 is 25.2. The van der Waals surface area contributed by atoms with Crippen molar-refractivity contribution >= 4 is 27.5 Å². The molecule has 0 saturated carbocycles. The molecule has 1 atom stereocenters. The van der Waals surface area contributed by atoms with Gasteiger partial charge in [-0.3, -0.25) is 9.59 Å². The maximum Gasteiger partial charge on any atom is 0.253 e. The fourth-order valence-electron chi connectivity index (χ4n) is 3.23. The molecule has 1 saturated heterocycles. The molecule has 2 heterocycles. The predicted molar refractivity (Wildman–Crippen MR) is 90.4 cm³/mol. The molecular formula is C16H21N3O4S. The summed E-state index contributed by atoms with van der Waals surface area (Å²) in [5.74, 6) is -0.230. The van der Waals surface area contributed by atoms with Gasteiger partial charge in [0, 0.05) is 30.4 Å². The number of fused-ring (bicyclic) bond motifs is 1. The molecule has 8 heteroatoms. The third-order valence-electron chi connectivity index (χ3n) is 4.61. The topological polar surface area (TPSA) is 95.6 Å². The van der Waals surface area contributed by atoms with E-state index in [0.29, 0.717) is 25.1 Å². The first kappa shape index (κ1) is 16.9. The molecule has 0 spiro atoms. The van der Waals surface area contributed by atoms with E-state index in [1.165, 1.54) is 0 Å². The molecule has 0 bridgehead atoms. The Kier molecular flexibility index (Phi) is 3.92. The molecule has 1 aromatic carbocycles. The van der Waals surface area contributed by atoms with Crippen LogP contribution in [-0.4, -0.2) is 50.5 Å². The number of carbonyl (C=O) groups excluding carboxylic acids is 2. The molecular weight excluding hydrogens is 330 g/mol. The molecule has 0 aromatic heterocycles. The van der Waals surface area contributed by atoms with E-state index in [1.54, 1.807) is 23.1 Å². The number of amides is 2. The van der Waals surface area contributed by atoms with Crippen molar-refractivity contribution in [3.05, 3.63) is 29.3 Å². The average Bonchev–Trinajstić information content (AvgIpc) is 3.00. The first-order chi connectivity index (χ1) is 11.1. The van der Waals surface area contributed by atoms with Gasteiger partial charge in [-0.1, -0.05) is 0 Å². The van der Waals surface area contributed by atoms with Crippen molar-refractivity contribution in [3.63, 3.8) is 0 Å². The molecule has 24 heavy (non-hydrogen) atoms. The molecule has 2 aliphatic heterocycles. The first-order valence-electron chi connectivity index (χ1n) is 7.80. The number of rotatable bonds is 3. The van der Waals surface area contributed by atoms with Crippen LogP contribution in [0, 0.1) is 0 Å².